The Balaban J connectivity index is 1.88. The molecule has 0 saturated carbocycles. The van der Waals surface area contributed by atoms with Crippen molar-refractivity contribution in [3.8, 4) is 11.5 Å². The SMILES string of the molecule is CCCCOc1c(Br)cc(C=NNC(=O)CCC(=O)Nc2cccc(Cl)c2)cc1OCC. The molecule has 2 aromatic rings. The van der Waals surface area contributed by atoms with E-state index < -0.39 is 0 Å². The molecule has 0 bridgehead atoms. The van der Waals surface area contributed by atoms with Gasteiger partial charge in [-0.05, 0) is 65.2 Å². The number of anilines is 1. The zero-order chi connectivity index (χ0) is 23.3. The van der Waals surface area contributed by atoms with Crippen LogP contribution in [0.25, 0.3) is 0 Å². The van der Waals surface area contributed by atoms with Crippen LogP contribution in [0.3, 0.4) is 0 Å². The lowest BCUT2D eigenvalue weighted by Crippen LogP contribution is -2.20. The second-order valence-electron chi connectivity index (χ2n) is 6.82. The number of ether oxygens (including phenoxy) is 2. The molecule has 9 heteroatoms. The average Bonchev–Trinajstić information content (AvgIpc) is 2.74. The van der Waals surface area contributed by atoms with Crippen molar-refractivity contribution in [3.63, 3.8) is 0 Å². The topological polar surface area (TPSA) is 89.0 Å². The van der Waals surface area contributed by atoms with Gasteiger partial charge in [-0.3, -0.25) is 9.59 Å². The number of nitrogens with zero attached hydrogens (tertiary/aromatic N) is 1. The second kappa shape index (κ2) is 13.8. The van der Waals surface area contributed by atoms with Gasteiger partial charge in [0, 0.05) is 23.6 Å². The highest BCUT2D eigenvalue weighted by molar-refractivity contribution is 9.10. The molecule has 172 valence electrons. The Bertz CT molecular complexity index is 953. The molecule has 2 amide bonds. The molecule has 0 radical (unpaired) electrons. The normalized spacial score (nSPS) is 10.8. The van der Waals surface area contributed by atoms with E-state index in [9.17, 15) is 9.59 Å². The van der Waals surface area contributed by atoms with Crippen molar-refractivity contribution in [2.24, 2.45) is 5.10 Å². The molecule has 0 saturated heterocycles. The summed E-state index contributed by atoms with van der Waals surface area (Å²) in [6.07, 6.45) is 3.52. The molecule has 0 aliphatic rings. The summed E-state index contributed by atoms with van der Waals surface area (Å²) in [6, 6.07) is 10.4. The lowest BCUT2D eigenvalue weighted by atomic mass is 10.2. The van der Waals surface area contributed by atoms with Gasteiger partial charge in [0.25, 0.3) is 0 Å². The van der Waals surface area contributed by atoms with Gasteiger partial charge in [0.2, 0.25) is 11.8 Å². The summed E-state index contributed by atoms with van der Waals surface area (Å²) < 4.78 is 12.3. The van der Waals surface area contributed by atoms with E-state index in [1.54, 1.807) is 30.3 Å². The van der Waals surface area contributed by atoms with E-state index in [1.165, 1.54) is 6.21 Å². The summed E-state index contributed by atoms with van der Waals surface area (Å²) in [5.74, 6) is 0.595. The van der Waals surface area contributed by atoms with Gasteiger partial charge in [-0.1, -0.05) is 31.0 Å². The number of nitrogens with one attached hydrogen (secondary N) is 2. The van der Waals surface area contributed by atoms with Crippen molar-refractivity contribution in [1.82, 2.24) is 5.43 Å². The van der Waals surface area contributed by atoms with Crippen molar-refractivity contribution < 1.29 is 19.1 Å². The molecule has 2 rings (SSSR count). The maximum absolute atomic E-state index is 12.0. The molecule has 0 aromatic heterocycles. The maximum Gasteiger partial charge on any atom is 0.240 e. The average molecular weight is 525 g/mol. The fourth-order valence-corrected chi connectivity index (χ4v) is 3.40. The summed E-state index contributed by atoms with van der Waals surface area (Å²) >= 11 is 9.40. The first-order valence-electron chi connectivity index (χ1n) is 10.4. The Morgan fingerprint density at radius 1 is 1.12 bits per heavy atom. The number of rotatable bonds is 12. The molecular weight excluding hydrogens is 498 g/mol. The van der Waals surface area contributed by atoms with E-state index >= 15 is 0 Å². The molecule has 2 N–H and O–H groups in total. The molecule has 0 heterocycles. The quantitative estimate of drug-likeness (QED) is 0.216. The molecular formula is C23H27BrClN3O4. The molecule has 2 aromatic carbocycles. The smallest absolute Gasteiger partial charge is 0.240 e. The largest absolute Gasteiger partial charge is 0.490 e. The lowest BCUT2D eigenvalue weighted by molar-refractivity contribution is -0.124. The van der Waals surface area contributed by atoms with Gasteiger partial charge >= 0.3 is 0 Å². The number of halogens is 2. The predicted molar refractivity (Wildman–Crippen MR) is 131 cm³/mol. The van der Waals surface area contributed by atoms with E-state index in [0.717, 1.165) is 22.9 Å². The first kappa shape index (κ1) is 25.7. The third-order valence-corrected chi connectivity index (χ3v) is 4.99. The van der Waals surface area contributed by atoms with Crippen LogP contribution in [0.15, 0.2) is 46.0 Å². The van der Waals surface area contributed by atoms with Gasteiger partial charge in [0.15, 0.2) is 11.5 Å². The van der Waals surface area contributed by atoms with Crippen molar-refractivity contribution in [3.05, 3.63) is 51.5 Å². The number of benzene rings is 2. The van der Waals surface area contributed by atoms with Crippen LogP contribution >= 0.6 is 27.5 Å². The molecule has 0 atom stereocenters. The minimum absolute atomic E-state index is 0.00182. The molecule has 0 fully saturated rings. The Labute approximate surface area is 201 Å². The van der Waals surface area contributed by atoms with E-state index in [4.69, 9.17) is 21.1 Å². The molecule has 0 spiro atoms. The van der Waals surface area contributed by atoms with Crippen LogP contribution in [-0.4, -0.2) is 31.2 Å². The van der Waals surface area contributed by atoms with Gasteiger partial charge in [-0.25, -0.2) is 5.43 Å². The third kappa shape index (κ3) is 8.88. The van der Waals surface area contributed by atoms with E-state index in [0.29, 0.717) is 35.4 Å². The first-order valence-corrected chi connectivity index (χ1v) is 11.6. The predicted octanol–water partition coefficient (Wildman–Crippen LogP) is 5.55. The zero-order valence-electron chi connectivity index (χ0n) is 18.1. The number of hydrazone groups is 1. The summed E-state index contributed by atoms with van der Waals surface area (Å²) in [6.45, 7) is 5.09. The standard InChI is InChI=1S/C23H27BrClN3O4/c1-3-5-11-32-23-19(24)12-16(13-20(23)31-4-2)15-26-28-22(30)10-9-21(29)27-18-8-6-7-17(25)14-18/h6-8,12-15H,3-5,9-11H2,1-2H3,(H,27,29)(H,28,30). The van der Waals surface area contributed by atoms with E-state index in [1.807, 2.05) is 13.0 Å². The van der Waals surface area contributed by atoms with Crippen LogP contribution in [-0.2, 0) is 9.59 Å². The summed E-state index contributed by atoms with van der Waals surface area (Å²) in [5.41, 5.74) is 3.74. The number of carbonyl (C=O) groups excluding carboxylic acids is 2. The highest BCUT2D eigenvalue weighted by atomic mass is 79.9. The fraction of sp³-hybridized carbons (Fsp3) is 0.348. The highest BCUT2D eigenvalue weighted by Gasteiger charge is 2.12. The van der Waals surface area contributed by atoms with Crippen molar-refractivity contribution in [1.29, 1.82) is 0 Å². The van der Waals surface area contributed by atoms with Gasteiger partial charge in [0.1, 0.15) is 0 Å². The summed E-state index contributed by atoms with van der Waals surface area (Å²) in [4.78, 5) is 24.0. The number of amides is 2. The van der Waals surface area contributed by atoms with Crippen LogP contribution in [0.5, 0.6) is 11.5 Å². The van der Waals surface area contributed by atoms with Crippen LogP contribution in [0.4, 0.5) is 5.69 Å². The monoisotopic (exact) mass is 523 g/mol. The van der Waals surface area contributed by atoms with Crippen LogP contribution in [0.2, 0.25) is 5.02 Å². The minimum atomic E-state index is -0.369. The number of hydrogen-bond donors (Lipinski definition) is 2. The van der Waals surface area contributed by atoms with Crippen LogP contribution in [0.1, 0.15) is 45.1 Å². The van der Waals surface area contributed by atoms with Crippen molar-refractivity contribution in [2.75, 3.05) is 18.5 Å². The Kier molecular flexibility index (Phi) is 11.0. The maximum atomic E-state index is 12.0. The second-order valence-corrected chi connectivity index (χ2v) is 8.11. The Morgan fingerprint density at radius 3 is 2.62 bits per heavy atom. The molecule has 0 aliphatic carbocycles. The highest BCUT2D eigenvalue weighted by Crippen LogP contribution is 2.36. The Hall–Kier alpha value is -2.58. The number of unbranched alkanes of at least 4 members (excludes halogenated alkanes) is 1. The number of carbonyl (C=O) groups is 2. The minimum Gasteiger partial charge on any atom is -0.490 e. The number of hydrogen-bond acceptors (Lipinski definition) is 5. The van der Waals surface area contributed by atoms with Gasteiger partial charge < -0.3 is 14.8 Å². The van der Waals surface area contributed by atoms with E-state index in [2.05, 4.69) is 38.7 Å². The lowest BCUT2D eigenvalue weighted by Gasteiger charge is -2.14. The van der Waals surface area contributed by atoms with Crippen molar-refractivity contribution >= 4 is 51.2 Å². The fourth-order valence-electron chi connectivity index (χ4n) is 2.64. The van der Waals surface area contributed by atoms with Gasteiger partial charge in [0.05, 0.1) is 23.9 Å². The first-order chi connectivity index (χ1) is 15.4. The van der Waals surface area contributed by atoms with Crippen LogP contribution < -0.4 is 20.2 Å². The zero-order valence-corrected chi connectivity index (χ0v) is 20.5. The van der Waals surface area contributed by atoms with Crippen molar-refractivity contribution in [2.45, 2.75) is 39.5 Å². The summed E-state index contributed by atoms with van der Waals surface area (Å²) in [5, 5.41) is 7.19. The molecule has 0 aliphatic heterocycles. The van der Waals surface area contributed by atoms with Gasteiger partial charge in [-0.15, -0.1) is 0 Å². The summed E-state index contributed by atoms with van der Waals surface area (Å²) in [7, 11) is 0. The van der Waals surface area contributed by atoms with E-state index in [-0.39, 0.29) is 24.7 Å². The Morgan fingerprint density at radius 2 is 1.91 bits per heavy atom. The van der Waals surface area contributed by atoms with Gasteiger partial charge in [-0.2, -0.15) is 5.10 Å². The van der Waals surface area contributed by atoms with Crippen LogP contribution in [0, 0.1) is 0 Å². The third-order valence-electron chi connectivity index (χ3n) is 4.17. The molecule has 0 unspecified atom stereocenters. The molecule has 7 nitrogen and oxygen atoms in total. The molecule has 32 heavy (non-hydrogen) atoms.